The Bertz CT molecular complexity index is 423. The van der Waals surface area contributed by atoms with E-state index < -0.39 is 10.8 Å². The number of amides is 1. The molecule has 5 heteroatoms. The van der Waals surface area contributed by atoms with Gasteiger partial charge in [-0.05, 0) is 34.5 Å². The Morgan fingerprint density at radius 1 is 1.47 bits per heavy atom. The fraction of sp³-hybridized carbons (Fsp3) is 0.417. The minimum atomic E-state index is -0.834. The molecule has 3 nitrogen and oxygen atoms in total. The third kappa shape index (κ3) is 4.60. The maximum Gasteiger partial charge on any atom is 0.252 e. The van der Waals surface area contributed by atoms with Crippen LogP contribution in [0.15, 0.2) is 28.7 Å². The predicted octanol–water partition coefficient (Wildman–Crippen LogP) is 2.34. The SMILES string of the molecule is CC(CCNC(=O)c1ccccc1Br)S(C)=O. The predicted molar refractivity (Wildman–Crippen MR) is 74.6 cm³/mol. The minimum Gasteiger partial charge on any atom is -0.352 e. The lowest BCUT2D eigenvalue weighted by Gasteiger charge is -2.10. The molecule has 0 aliphatic rings. The number of rotatable bonds is 5. The summed E-state index contributed by atoms with van der Waals surface area (Å²) in [5.41, 5.74) is 0.623. The Kier molecular flexibility index (Phi) is 5.85. The lowest BCUT2D eigenvalue weighted by molar-refractivity contribution is 0.0952. The number of hydrogen-bond donors (Lipinski definition) is 1. The highest BCUT2D eigenvalue weighted by molar-refractivity contribution is 9.10. The molecule has 0 saturated carbocycles. The Morgan fingerprint density at radius 3 is 2.71 bits per heavy atom. The summed E-state index contributed by atoms with van der Waals surface area (Å²) in [4.78, 5) is 11.8. The van der Waals surface area contributed by atoms with Gasteiger partial charge in [-0.1, -0.05) is 19.1 Å². The van der Waals surface area contributed by atoms with Crippen molar-refractivity contribution in [2.24, 2.45) is 0 Å². The van der Waals surface area contributed by atoms with E-state index in [0.717, 1.165) is 10.9 Å². The molecule has 1 amide bonds. The van der Waals surface area contributed by atoms with E-state index in [-0.39, 0.29) is 11.2 Å². The van der Waals surface area contributed by atoms with Gasteiger partial charge in [0.05, 0.1) is 5.56 Å². The van der Waals surface area contributed by atoms with E-state index in [4.69, 9.17) is 0 Å². The molecule has 1 aromatic carbocycles. The zero-order valence-corrected chi connectivity index (χ0v) is 12.3. The van der Waals surface area contributed by atoms with Gasteiger partial charge in [-0.25, -0.2) is 0 Å². The van der Waals surface area contributed by atoms with Gasteiger partial charge in [-0.2, -0.15) is 0 Å². The van der Waals surface area contributed by atoms with Crippen molar-refractivity contribution >= 4 is 32.6 Å². The Morgan fingerprint density at radius 2 is 2.12 bits per heavy atom. The summed E-state index contributed by atoms with van der Waals surface area (Å²) in [6.45, 7) is 2.46. The molecule has 0 spiro atoms. The molecule has 1 rings (SSSR count). The first-order valence-corrected chi connectivity index (χ1v) is 7.78. The van der Waals surface area contributed by atoms with E-state index in [1.165, 1.54) is 0 Å². The third-order valence-corrected chi connectivity index (χ3v) is 4.58. The number of benzene rings is 1. The summed E-state index contributed by atoms with van der Waals surface area (Å²) in [5, 5.41) is 2.93. The van der Waals surface area contributed by atoms with Crippen LogP contribution >= 0.6 is 15.9 Å². The summed E-state index contributed by atoms with van der Waals surface area (Å²) in [7, 11) is -0.834. The first-order chi connectivity index (χ1) is 8.02. The molecule has 0 heterocycles. The molecule has 0 bridgehead atoms. The number of carbonyl (C=O) groups is 1. The third-order valence-electron chi connectivity index (χ3n) is 2.52. The number of halogens is 1. The van der Waals surface area contributed by atoms with Crippen LogP contribution in [0.3, 0.4) is 0 Å². The van der Waals surface area contributed by atoms with Crippen molar-refractivity contribution in [2.45, 2.75) is 18.6 Å². The zero-order chi connectivity index (χ0) is 12.8. The van der Waals surface area contributed by atoms with Crippen molar-refractivity contribution in [3.05, 3.63) is 34.3 Å². The summed E-state index contributed by atoms with van der Waals surface area (Å²) in [6.07, 6.45) is 2.40. The Balaban J connectivity index is 2.46. The fourth-order valence-corrected chi connectivity index (χ4v) is 2.21. The van der Waals surface area contributed by atoms with Gasteiger partial charge in [0.1, 0.15) is 0 Å². The van der Waals surface area contributed by atoms with Gasteiger partial charge >= 0.3 is 0 Å². The van der Waals surface area contributed by atoms with Crippen LogP contribution in [0, 0.1) is 0 Å². The van der Waals surface area contributed by atoms with Gasteiger partial charge in [-0.15, -0.1) is 0 Å². The van der Waals surface area contributed by atoms with E-state index in [1.807, 2.05) is 25.1 Å². The number of hydrogen-bond acceptors (Lipinski definition) is 2. The summed E-state index contributed by atoms with van der Waals surface area (Å²) in [6, 6.07) is 7.28. The van der Waals surface area contributed by atoms with Crippen LogP contribution in [0.25, 0.3) is 0 Å². The van der Waals surface area contributed by atoms with Gasteiger partial charge in [-0.3, -0.25) is 9.00 Å². The topological polar surface area (TPSA) is 46.2 Å². The monoisotopic (exact) mass is 317 g/mol. The molecule has 0 aliphatic heterocycles. The highest BCUT2D eigenvalue weighted by Crippen LogP contribution is 2.15. The minimum absolute atomic E-state index is 0.105. The van der Waals surface area contributed by atoms with Crippen molar-refractivity contribution in [3.63, 3.8) is 0 Å². The molecular weight excluding hydrogens is 302 g/mol. The first-order valence-electron chi connectivity index (χ1n) is 5.37. The van der Waals surface area contributed by atoms with Crippen LogP contribution in [-0.2, 0) is 10.8 Å². The zero-order valence-electron chi connectivity index (χ0n) is 9.90. The van der Waals surface area contributed by atoms with Crippen molar-refractivity contribution in [2.75, 3.05) is 12.8 Å². The van der Waals surface area contributed by atoms with E-state index in [2.05, 4.69) is 21.2 Å². The molecule has 0 aliphatic carbocycles. The van der Waals surface area contributed by atoms with Crippen LogP contribution in [0.4, 0.5) is 0 Å². The number of nitrogens with one attached hydrogen (secondary N) is 1. The van der Waals surface area contributed by atoms with E-state index in [0.29, 0.717) is 12.1 Å². The maximum absolute atomic E-state index is 11.8. The van der Waals surface area contributed by atoms with Gasteiger partial charge in [0, 0.05) is 33.3 Å². The smallest absolute Gasteiger partial charge is 0.252 e. The van der Waals surface area contributed by atoms with Gasteiger partial charge in [0.25, 0.3) is 5.91 Å². The van der Waals surface area contributed by atoms with Crippen LogP contribution in [0.1, 0.15) is 23.7 Å². The summed E-state index contributed by atoms with van der Waals surface area (Å²) in [5.74, 6) is -0.105. The number of carbonyl (C=O) groups excluding carboxylic acids is 1. The van der Waals surface area contributed by atoms with E-state index in [1.54, 1.807) is 12.3 Å². The lowest BCUT2D eigenvalue weighted by Crippen LogP contribution is -2.27. The second-order valence-electron chi connectivity index (χ2n) is 3.83. The average Bonchev–Trinajstić information content (AvgIpc) is 2.29. The Hall–Kier alpha value is -0.680. The molecule has 17 heavy (non-hydrogen) atoms. The normalized spacial score (nSPS) is 14.1. The van der Waals surface area contributed by atoms with Crippen molar-refractivity contribution in [3.8, 4) is 0 Å². The molecule has 1 aromatic rings. The molecule has 0 aromatic heterocycles. The second-order valence-corrected chi connectivity index (χ2v) is 6.49. The average molecular weight is 318 g/mol. The lowest BCUT2D eigenvalue weighted by atomic mass is 10.2. The molecule has 1 N–H and O–H groups in total. The van der Waals surface area contributed by atoms with Crippen molar-refractivity contribution in [1.82, 2.24) is 5.32 Å². The molecule has 0 fully saturated rings. The van der Waals surface area contributed by atoms with E-state index >= 15 is 0 Å². The highest BCUT2D eigenvalue weighted by atomic mass is 79.9. The fourth-order valence-electron chi connectivity index (χ4n) is 1.30. The van der Waals surface area contributed by atoms with Crippen LogP contribution in [-0.4, -0.2) is 28.2 Å². The quantitative estimate of drug-likeness (QED) is 0.906. The van der Waals surface area contributed by atoms with Crippen molar-refractivity contribution in [1.29, 1.82) is 0 Å². The van der Waals surface area contributed by atoms with Gasteiger partial charge < -0.3 is 5.32 Å². The standard InChI is InChI=1S/C12H16BrNO2S/c1-9(17(2)16)7-8-14-12(15)10-5-3-4-6-11(10)13/h3-6,9H,7-8H2,1-2H3,(H,14,15). The Labute approximate surface area is 113 Å². The first kappa shape index (κ1) is 14.4. The largest absolute Gasteiger partial charge is 0.352 e. The van der Waals surface area contributed by atoms with Crippen molar-refractivity contribution < 1.29 is 9.00 Å². The molecule has 0 radical (unpaired) electrons. The molecule has 2 atom stereocenters. The maximum atomic E-state index is 11.8. The second kappa shape index (κ2) is 6.91. The van der Waals surface area contributed by atoms with E-state index in [9.17, 15) is 9.00 Å². The highest BCUT2D eigenvalue weighted by Gasteiger charge is 2.10. The molecule has 0 saturated heterocycles. The molecule has 94 valence electrons. The summed E-state index contributed by atoms with van der Waals surface area (Å²) >= 11 is 3.33. The van der Waals surface area contributed by atoms with Crippen LogP contribution in [0.5, 0.6) is 0 Å². The van der Waals surface area contributed by atoms with Crippen LogP contribution < -0.4 is 5.32 Å². The summed E-state index contributed by atoms with van der Waals surface area (Å²) < 4.78 is 11.9. The van der Waals surface area contributed by atoms with Gasteiger partial charge in [0.15, 0.2) is 0 Å². The molecule has 2 unspecified atom stereocenters. The molecular formula is C12H16BrNO2S. The van der Waals surface area contributed by atoms with Crippen LogP contribution in [0.2, 0.25) is 0 Å². The van der Waals surface area contributed by atoms with Gasteiger partial charge in [0.2, 0.25) is 0 Å².